The lowest BCUT2D eigenvalue weighted by atomic mass is 10.2. The van der Waals surface area contributed by atoms with Gasteiger partial charge in [0.2, 0.25) is 5.91 Å². The molecule has 1 N–H and O–H groups in total. The van der Waals surface area contributed by atoms with Gasteiger partial charge < -0.3 is 10.2 Å². The third kappa shape index (κ3) is 4.94. The molecule has 0 bridgehead atoms. The van der Waals surface area contributed by atoms with Crippen LogP contribution in [0, 0.1) is 0 Å². The van der Waals surface area contributed by atoms with Gasteiger partial charge in [0.15, 0.2) is 0 Å². The second-order valence-corrected chi connectivity index (χ2v) is 5.63. The number of amides is 1. The normalized spacial score (nSPS) is 19.8. The van der Waals surface area contributed by atoms with E-state index >= 15 is 0 Å². The Labute approximate surface area is 112 Å². The van der Waals surface area contributed by atoms with Gasteiger partial charge in [0.1, 0.15) is 0 Å². The number of carbonyl (C=O) groups is 1. The van der Waals surface area contributed by atoms with E-state index in [2.05, 4.69) is 31.0 Å². The lowest BCUT2D eigenvalue weighted by Crippen LogP contribution is -2.45. The predicted octanol–water partition coefficient (Wildman–Crippen LogP) is 1.32. The van der Waals surface area contributed by atoms with Crippen molar-refractivity contribution in [3.05, 3.63) is 0 Å². The fraction of sp³-hybridized carbons (Fsp3) is 0.929. The van der Waals surface area contributed by atoms with Crippen molar-refractivity contribution < 1.29 is 4.79 Å². The van der Waals surface area contributed by atoms with Gasteiger partial charge in [-0.1, -0.05) is 6.92 Å². The fourth-order valence-corrected chi connectivity index (χ4v) is 2.37. The van der Waals surface area contributed by atoms with Crippen molar-refractivity contribution in [3.8, 4) is 0 Å². The highest BCUT2D eigenvalue weighted by atomic mass is 16.2. The molecule has 0 aromatic rings. The van der Waals surface area contributed by atoms with Crippen molar-refractivity contribution in [2.45, 2.75) is 52.1 Å². The van der Waals surface area contributed by atoms with E-state index in [0.717, 1.165) is 26.1 Å². The monoisotopic (exact) mass is 255 g/mol. The predicted molar refractivity (Wildman–Crippen MR) is 75.7 cm³/mol. The van der Waals surface area contributed by atoms with Crippen LogP contribution in [0.25, 0.3) is 0 Å². The first-order valence-electron chi connectivity index (χ1n) is 7.26. The van der Waals surface area contributed by atoms with Crippen LogP contribution in [0.3, 0.4) is 0 Å². The Morgan fingerprint density at radius 2 is 2.17 bits per heavy atom. The van der Waals surface area contributed by atoms with Crippen LogP contribution in [-0.4, -0.2) is 61.0 Å². The molecule has 4 nitrogen and oxygen atoms in total. The van der Waals surface area contributed by atoms with Crippen LogP contribution in [0.15, 0.2) is 0 Å². The summed E-state index contributed by atoms with van der Waals surface area (Å²) in [4.78, 5) is 16.2. The summed E-state index contributed by atoms with van der Waals surface area (Å²) in [7, 11) is 1.89. The second-order valence-electron chi connectivity index (χ2n) is 5.63. The number of hydrogen-bond donors (Lipinski definition) is 1. The number of likely N-dealkylation sites (N-methyl/N-ethyl adjacent to an activating group) is 1. The molecule has 1 atom stereocenters. The second kappa shape index (κ2) is 7.74. The van der Waals surface area contributed by atoms with Crippen molar-refractivity contribution in [1.82, 2.24) is 15.1 Å². The first kappa shape index (κ1) is 15.4. The topological polar surface area (TPSA) is 35.6 Å². The van der Waals surface area contributed by atoms with E-state index in [1.165, 1.54) is 12.8 Å². The third-order valence-electron chi connectivity index (χ3n) is 3.71. The molecule has 0 aliphatic carbocycles. The summed E-state index contributed by atoms with van der Waals surface area (Å²) < 4.78 is 0. The van der Waals surface area contributed by atoms with Gasteiger partial charge in [-0.15, -0.1) is 0 Å². The van der Waals surface area contributed by atoms with E-state index in [1.807, 2.05) is 11.9 Å². The molecule has 1 aliphatic heterocycles. The molecule has 1 aliphatic rings. The highest BCUT2D eigenvalue weighted by molar-refractivity contribution is 5.78. The van der Waals surface area contributed by atoms with Gasteiger partial charge in [0.25, 0.3) is 0 Å². The molecule has 0 aromatic carbocycles. The highest BCUT2D eigenvalue weighted by Gasteiger charge is 2.21. The molecule has 0 saturated carbocycles. The SMILES string of the molecule is CCCN(CC(=O)N(C)C(C)C)CC1CCCN1. The summed E-state index contributed by atoms with van der Waals surface area (Å²) in [6, 6.07) is 0.860. The zero-order chi connectivity index (χ0) is 13.5. The third-order valence-corrected chi connectivity index (χ3v) is 3.71. The van der Waals surface area contributed by atoms with Gasteiger partial charge in [0, 0.05) is 25.7 Å². The van der Waals surface area contributed by atoms with Crippen LogP contribution in [0.2, 0.25) is 0 Å². The maximum atomic E-state index is 12.1. The van der Waals surface area contributed by atoms with Crippen molar-refractivity contribution >= 4 is 5.91 Å². The Bertz CT molecular complexity index is 249. The maximum Gasteiger partial charge on any atom is 0.236 e. The molecule has 1 rings (SSSR count). The van der Waals surface area contributed by atoms with Gasteiger partial charge >= 0.3 is 0 Å². The van der Waals surface area contributed by atoms with Crippen molar-refractivity contribution in [1.29, 1.82) is 0 Å². The van der Waals surface area contributed by atoms with Crippen LogP contribution < -0.4 is 5.32 Å². The summed E-state index contributed by atoms with van der Waals surface area (Å²) in [5.41, 5.74) is 0. The largest absolute Gasteiger partial charge is 0.342 e. The van der Waals surface area contributed by atoms with Gasteiger partial charge in [-0.3, -0.25) is 9.69 Å². The Hall–Kier alpha value is -0.610. The van der Waals surface area contributed by atoms with Gasteiger partial charge in [-0.25, -0.2) is 0 Å². The molecule has 0 spiro atoms. The summed E-state index contributed by atoms with van der Waals surface area (Å²) >= 11 is 0. The quantitative estimate of drug-likeness (QED) is 0.745. The van der Waals surface area contributed by atoms with Crippen LogP contribution in [0.5, 0.6) is 0 Å². The summed E-state index contributed by atoms with van der Waals surface area (Å²) in [6.07, 6.45) is 3.62. The van der Waals surface area contributed by atoms with E-state index in [-0.39, 0.29) is 11.9 Å². The van der Waals surface area contributed by atoms with E-state index in [0.29, 0.717) is 12.6 Å². The van der Waals surface area contributed by atoms with Crippen LogP contribution in [0.4, 0.5) is 0 Å². The Kier molecular flexibility index (Phi) is 6.65. The smallest absolute Gasteiger partial charge is 0.236 e. The summed E-state index contributed by atoms with van der Waals surface area (Å²) in [5.74, 6) is 0.233. The van der Waals surface area contributed by atoms with E-state index in [4.69, 9.17) is 0 Å². The molecular formula is C14H29N3O. The van der Waals surface area contributed by atoms with E-state index < -0.39 is 0 Å². The maximum absolute atomic E-state index is 12.1. The average Bonchev–Trinajstić information content (AvgIpc) is 2.80. The summed E-state index contributed by atoms with van der Waals surface area (Å²) in [6.45, 7) is 9.99. The van der Waals surface area contributed by atoms with Crippen LogP contribution in [-0.2, 0) is 4.79 Å². The number of carbonyl (C=O) groups excluding carboxylic acids is 1. The van der Waals surface area contributed by atoms with Crippen molar-refractivity contribution in [2.75, 3.05) is 33.2 Å². The average molecular weight is 255 g/mol. The van der Waals surface area contributed by atoms with Gasteiger partial charge in [0.05, 0.1) is 6.54 Å². The Morgan fingerprint density at radius 3 is 2.67 bits per heavy atom. The molecule has 1 fully saturated rings. The molecule has 0 aromatic heterocycles. The lowest BCUT2D eigenvalue weighted by molar-refractivity contribution is -0.132. The van der Waals surface area contributed by atoms with Crippen LogP contribution >= 0.6 is 0 Å². The molecule has 106 valence electrons. The van der Waals surface area contributed by atoms with Gasteiger partial charge in [-0.2, -0.15) is 0 Å². The minimum atomic E-state index is 0.233. The number of nitrogens with zero attached hydrogens (tertiary/aromatic N) is 2. The standard InChI is InChI=1S/C14H29N3O/c1-5-9-17(10-13-7-6-8-15-13)11-14(18)16(4)12(2)3/h12-13,15H,5-11H2,1-4H3. The number of nitrogens with one attached hydrogen (secondary N) is 1. The molecule has 18 heavy (non-hydrogen) atoms. The first-order valence-corrected chi connectivity index (χ1v) is 7.26. The molecule has 1 heterocycles. The number of rotatable bonds is 7. The molecule has 0 radical (unpaired) electrons. The van der Waals surface area contributed by atoms with E-state index in [1.54, 1.807) is 0 Å². The molecule has 1 amide bonds. The zero-order valence-electron chi connectivity index (χ0n) is 12.4. The fourth-order valence-electron chi connectivity index (χ4n) is 2.37. The molecule has 1 unspecified atom stereocenters. The van der Waals surface area contributed by atoms with Crippen molar-refractivity contribution in [3.63, 3.8) is 0 Å². The van der Waals surface area contributed by atoms with Crippen molar-refractivity contribution in [2.24, 2.45) is 0 Å². The minimum absolute atomic E-state index is 0.233. The molecule has 4 heteroatoms. The zero-order valence-corrected chi connectivity index (χ0v) is 12.4. The number of hydrogen-bond acceptors (Lipinski definition) is 3. The summed E-state index contributed by atoms with van der Waals surface area (Å²) in [5, 5.41) is 3.50. The van der Waals surface area contributed by atoms with Crippen LogP contribution in [0.1, 0.15) is 40.0 Å². The minimum Gasteiger partial charge on any atom is -0.342 e. The van der Waals surface area contributed by atoms with Gasteiger partial charge in [-0.05, 0) is 46.2 Å². The Morgan fingerprint density at radius 1 is 1.44 bits per heavy atom. The lowest BCUT2D eigenvalue weighted by Gasteiger charge is -2.28. The first-order chi connectivity index (χ1) is 8.54. The molecule has 1 saturated heterocycles. The molecular weight excluding hydrogens is 226 g/mol. The van der Waals surface area contributed by atoms with E-state index in [9.17, 15) is 4.79 Å². The highest BCUT2D eigenvalue weighted by Crippen LogP contribution is 2.08. The Balaban J connectivity index is 2.43.